The molecule has 3 heteroatoms. The van der Waals surface area contributed by atoms with Gasteiger partial charge in [0.2, 0.25) is 0 Å². The van der Waals surface area contributed by atoms with Crippen molar-refractivity contribution in [2.24, 2.45) is 0 Å². The normalized spacial score (nSPS) is 18.2. The lowest BCUT2D eigenvalue weighted by atomic mass is 9.94. The molecule has 3 nitrogen and oxygen atoms in total. The third-order valence-corrected chi connectivity index (χ3v) is 3.50. The Kier molecular flexibility index (Phi) is 3.79. The van der Waals surface area contributed by atoms with Crippen LogP contribution in [0.1, 0.15) is 29.9 Å². The zero-order valence-electron chi connectivity index (χ0n) is 10.2. The van der Waals surface area contributed by atoms with E-state index in [9.17, 15) is 9.90 Å². The molecular weight excluding hydrogens is 214 g/mol. The Morgan fingerprint density at radius 2 is 2.00 bits per heavy atom. The molecule has 1 saturated heterocycles. The molecule has 0 saturated carbocycles. The number of benzene rings is 1. The lowest BCUT2D eigenvalue weighted by Gasteiger charge is -2.21. The van der Waals surface area contributed by atoms with Crippen LogP contribution in [0.3, 0.4) is 0 Å². The molecule has 0 amide bonds. The number of nitrogens with zero attached hydrogens (tertiary/aromatic N) is 1. The standard InChI is InChI=1S/C14H19NO2/c1-11-6-2-3-7-12(11)13(14(16)17)10-15-8-4-5-9-15/h2-3,6-7,13H,4-5,8-10H2,1H3,(H,16,17). The third-order valence-electron chi connectivity index (χ3n) is 3.50. The maximum absolute atomic E-state index is 11.4. The van der Waals surface area contributed by atoms with E-state index in [0.717, 1.165) is 24.2 Å². The highest BCUT2D eigenvalue weighted by molar-refractivity contribution is 5.77. The average molecular weight is 233 g/mol. The van der Waals surface area contributed by atoms with Crippen LogP contribution in [0.5, 0.6) is 0 Å². The summed E-state index contributed by atoms with van der Waals surface area (Å²) < 4.78 is 0. The Labute approximate surface area is 102 Å². The molecule has 2 rings (SSSR count). The van der Waals surface area contributed by atoms with E-state index in [1.807, 2.05) is 31.2 Å². The second-order valence-electron chi connectivity index (χ2n) is 4.76. The van der Waals surface area contributed by atoms with Gasteiger partial charge in [-0.05, 0) is 44.0 Å². The zero-order chi connectivity index (χ0) is 12.3. The number of rotatable bonds is 4. The first-order chi connectivity index (χ1) is 8.18. The predicted octanol–water partition coefficient (Wildman–Crippen LogP) is 2.26. The van der Waals surface area contributed by atoms with Crippen molar-refractivity contribution in [2.45, 2.75) is 25.7 Å². The van der Waals surface area contributed by atoms with Gasteiger partial charge in [0, 0.05) is 6.54 Å². The number of carbonyl (C=O) groups is 1. The van der Waals surface area contributed by atoms with E-state index in [2.05, 4.69) is 4.90 Å². The second kappa shape index (κ2) is 5.32. The number of aliphatic carboxylic acids is 1. The minimum absolute atomic E-state index is 0.394. The first kappa shape index (κ1) is 12.1. The average Bonchev–Trinajstić information content (AvgIpc) is 2.79. The molecule has 0 spiro atoms. The molecule has 1 heterocycles. The van der Waals surface area contributed by atoms with E-state index >= 15 is 0 Å². The van der Waals surface area contributed by atoms with Crippen molar-refractivity contribution in [2.75, 3.05) is 19.6 Å². The van der Waals surface area contributed by atoms with E-state index in [1.54, 1.807) is 0 Å². The van der Waals surface area contributed by atoms with E-state index in [-0.39, 0.29) is 0 Å². The smallest absolute Gasteiger partial charge is 0.312 e. The highest BCUT2D eigenvalue weighted by Crippen LogP contribution is 2.23. The summed E-state index contributed by atoms with van der Waals surface area (Å²) in [6.07, 6.45) is 2.39. The van der Waals surface area contributed by atoms with E-state index in [4.69, 9.17) is 0 Å². The van der Waals surface area contributed by atoms with Gasteiger partial charge in [0.1, 0.15) is 0 Å². The molecule has 1 atom stereocenters. The Morgan fingerprint density at radius 3 is 2.59 bits per heavy atom. The fourth-order valence-corrected chi connectivity index (χ4v) is 2.51. The Bertz CT molecular complexity index is 397. The van der Waals surface area contributed by atoms with Crippen molar-refractivity contribution >= 4 is 5.97 Å². The third kappa shape index (κ3) is 2.86. The van der Waals surface area contributed by atoms with Crippen molar-refractivity contribution in [1.29, 1.82) is 0 Å². The summed E-state index contributed by atoms with van der Waals surface area (Å²) in [6.45, 7) is 4.70. The summed E-state index contributed by atoms with van der Waals surface area (Å²) in [5, 5.41) is 9.38. The maximum atomic E-state index is 11.4. The number of carboxylic acid groups (broad SMARTS) is 1. The number of hydrogen-bond acceptors (Lipinski definition) is 2. The van der Waals surface area contributed by atoms with Crippen LogP contribution in [0.2, 0.25) is 0 Å². The van der Waals surface area contributed by atoms with Gasteiger partial charge in [-0.25, -0.2) is 0 Å². The largest absolute Gasteiger partial charge is 0.481 e. The minimum Gasteiger partial charge on any atom is -0.481 e. The van der Waals surface area contributed by atoms with Gasteiger partial charge in [0.05, 0.1) is 5.92 Å². The van der Waals surface area contributed by atoms with Crippen molar-refractivity contribution in [3.8, 4) is 0 Å². The van der Waals surface area contributed by atoms with Gasteiger partial charge in [-0.15, -0.1) is 0 Å². The summed E-state index contributed by atoms with van der Waals surface area (Å²) >= 11 is 0. The number of hydrogen-bond donors (Lipinski definition) is 1. The predicted molar refractivity (Wildman–Crippen MR) is 67.2 cm³/mol. The van der Waals surface area contributed by atoms with Crippen LogP contribution in [0.25, 0.3) is 0 Å². The number of carboxylic acids is 1. The van der Waals surface area contributed by atoms with Crippen molar-refractivity contribution < 1.29 is 9.90 Å². The fraction of sp³-hybridized carbons (Fsp3) is 0.500. The molecule has 1 aromatic carbocycles. The molecule has 1 aliphatic rings. The van der Waals surface area contributed by atoms with Crippen LogP contribution >= 0.6 is 0 Å². The van der Waals surface area contributed by atoms with Crippen LogP contribution in [0.15, 0.2) is 24.3 Å². The molecule has 0 bridgehead atoms. The molecule has 1 aromatic rings. The van der Waals surface area contributed by atoms with Crippen molar-refractivity contribution in [3.63, 3.8) is 0 Å². The van der Waals surface area contributed by atoms with Gasteiger partial charge >= 0.3 is 5.97 Å². The van der Waals surface area contributed by atoms with E-state index in [1.165, 1.54) is 12.8 Å². The summed E-state index contributed by atoms with van der Waals surface area (Å²) in [6, 6.07) is 7.79. The molecule has 0 aromatic heterocycles. The van der Waals surface area contributed by atoms with Gasteiger partial charge in [0.25, 0.3) is 0 Å². The summed E-state index contributed by atoms with van der Waals surface area (Å²) in [5.74, 6) is -1.11. The van der Waals surface area contributed by atoms with Crippen molar-refractivity contribution in [3.05, 3.63) is 35.4 Å². The van der Waals surface area contributed by atoms with Gasteiger partial charge in [-0.2, -0.15) is 0 Å². The van der Waals surface area contributed by atoms with Crippen LogP contribution in [-0.2, 0) is 4.79 Å². The molecule has 1 unspecified atom stereocenters. The molecule has 1 N–H and O–H groups in total. The summed E-state index contributed by atoms with van der Waals surface area (Å²) in [5.41, 5.74) is 2.02. The summed E-state index contributed by atoms with van der Waals surface area (Å²) in [7, 11) is 0. The van der Waals surface area contributed by atoms with Crippen LogP contribution in [0, 0.1) is 6.92 Å². The molecule has 0 aliphatic carbocycles. The van der Waals surface area contributed by atoms with E-state index < -0.39 is 11.9 Å². The SMILES string of the molecule is Cc1ccccc1C(CN1CCCC1)C(=O)O. The molecule has 0 radical (unpaired) electrons. The van der Waals surface area contributed by atoms with Crippen LogP contribution in [0.4, 0.5) is 0 Å². The lowest BCUT2D eigenvalue weighted by molar-refractivity contribution is -0.139. The highest BCUT2D eigenvalue weighted by Gasteiger charge is 2.25. The number of likely N-dealkylation sites (tertiary alicyclic amines) is 1. The Morgan fingerprint density at radius 1 is 1.35 bits per heavy atom. The van der Waals surface area contributed by atoms with Crippen molar-refractivity contribution in [1.82, 2.24) is 4.90 Å². The zero-order valence-corrected chi connectivity index (χ0v) is 10.2. The van der Waals surface area contributed by atoms with Gasteiger partial charge in [-0.1, -0.05) is 24.3 Å². The van der Waals surface area contributed by atoms with Crippen LogP contribution in [-0.4, -0.2) is 35.6 Å². The second-order valence-corrected chi connectivity index (χ2v) is 4.76. The van der Waals surface area contributed by atoms with Gasteiger partial charge < -0.3 is 10.0 Å². The van der Waals surface area contributed by atoms with Crippen LogP contribution < -0.4 is 0 Å². The molecule has 1 fully saturated rings. The van der Waals surface area contributed by atoms with Gasteiger partial charge in [0.15, 0.2) is 0 Å². The first-order valence-corrected chi connectivity index (χ1v) is 6.19. The maximum Gasteiger partial charge on any atom is 0.312 e. The lowest BCUT2D eigenvalue weighted by Crippen LogP contribution is -2.30. The highest BCUT2D eigenvalue weighted by atomic mass is 16.4. The molecular formula is C14H19NO2. The minimum atomic E-state index is -0.716. The topological polar surface area (TPSA) is 40.5 Å². The fourth-order valence-electron chi connectivity index (χ4n) is 2.51. The Balaban J connectivity index is 2.17. The molecule has 92 valence electrons. The number of aryl methyl sites for hydroxylation is 1. The molecule has 17 heavy (non-hydrogen) atoms. The van der Waals surface area contributed by atoms with Gasteiger partial charge in [-0.3, -0.25) is 4.79 Å². The summed E-state index contributed by atoms with van der Waals surface area (Å²) in [4.78, 5) is 13.7. The Hall–Kier alpha value is -1.35. The first-order valence-electron chi connectivity index (χ1n) is 6.19. The van der Waals surface area contributed by atoms with E-state index in [0.29, 0.717) is 6.54 Å². The quantitative estimate of drug-likeness (QED) is 0.867. The monoisotopic (exact) mass is 233 g/mol. The molecule has 1 aliphatic heterocycles.